The van der Waals surface area contributed by atoms with Crippen molar-refractivity contribution in [3.05, 3.63) is 0 Å². The standard InChI is InChI=1S/C8H13NO2/c1-9-4-5-3-6(5)7(9)8(10)11-2/h5-7H,3-4H2,1-2H3/t5-,6+,7?/m0/s1. The molecule has 2 rings (SSSR count). The van der Waals surface area contributed by atoms with Crippen LogP contribution < -0.4 is 0 Å². The molecule has 1 aliphatic carbocycles. The number of hydrogen-bond acceptors (Lipinski definition) is 3. The molecule has 1 saturated heterocycles. The summed E-state index contributed by atoms with van der Waals surface area (Å²) in [5, 5.41) is 0. The van der Waals surface area contributed by atoms with Crippen LogP contribution >= 0.6 is 0 Å². The van der Waals surface area contributed by atoms with Crippen molar-refractivity contribution in [2.45, 2.75) is 12.5 Å². The van der Waals surface area contributed by atoms with Gasteiger partial charge in [0.15, 0.2) is 0 Å². The van der Waals surface area contributed by atoms with Crippen molar-refractivity contribution in [1.82, 2.24) is 4.90 Å². The minimum absolute atomic E-state index is 0.0579. The largest absolute Gasteiger partial charge is 0.468 e. The Labute approximate surface area is 66.3 Å². The molecule has 1 heterocycles. The van der Waals surface area contributed by atoms with Crippen LogP contribution in [0.25, 0.3) is 0 Å². The zero-order valence-electron chi connectivity index (χ0n) is 6.91. The van der Waals surface area contributed by atoms with Crippen LogP contribution in [-0.2, 0) is 9.53 Å². The Morgan fingerprint density at radius 3 is 2.82 bits per heavy atom. The van der Waals surface area contributed by atoms with Gasteiger partial charge >= 0.3 is 5.97 Å². The van der Waals surface area contributed by atoms with Gasteiger partial charge in [0.25, 0.3) is 0 Å². The monoisotopic (exact) mass is 155 g/mol. The van der Waals surface area contributed by atoms with Gasteiger partial charge in [-0.1, -0.05) is 0 Å². The summed E-state index contributed by atoms with van der Waals surface area (Å²) in [5.74, 6) is 1.33. The van der Waals surface area contributed by atoms with Crippen LogP contribution in [0.2, 0.25) is 0 Å². The highest BCUT2D eigenvalue weighted by atomic mass is 16.5. The second kappa shape index (κ2) is 2.21. The first-order valence-electron chi connectivity index (χ1n) is 4.02. The number of fused-ring (bicyclic) bond motifs is 1. The molecule has 0 amide bonds. The summed E-state index contributed by atoms with van der Waals surface area (Å²) in [6.07, 6.45) is 1.23. The average molecular weight is 155 g/mol. The lowest BCUT2D eigenvalue weighted by molar-refractivity contribution is -0.146. The zero-order chi connectivity index (χ0) is 8.01. The molecule has 1 saturated carbocycles. The molecule has 3 atom stereocenters. The van der Waals surface area contributed by atoms with Crippen molar-refractivity contribution in [1.29, 1.82) is 0 Å². The number of methoxy groups -OCH3 is 1. The van der Waals surface area contributed by atoms with E-state index in [9.17, 15) is 4.79 Å². The van der Waals surface area contributed by atoms with Gasteiger partial charge in [-0.25, -0.2) is 0 Å². The van der Waals surface area contributed by atoms with E-state index in [0.717, 1.165) is 12.5 Å². The number of ether oxygens (including phenoxy) is 1. The van der Waals surface area contributed by atoms with E-state index in [1.165, 1.54) is 13.5 Å². The number of likely N-dealkylation sites (N-methyl/N-ethyl adjacent to an activating group) is 1. The van der Waals surface area contributed by atoms with E-state index in [1.54, 1.807) is 0 Å². The SMILES string of the molecule is COC(=O)C1[C@@H]2C[C@H]2CN1C. The van der Waals surface area contributed by atoms with Crippen molar-refractivity contribution >= 4 is 5.97 Å². The summed E-state index contributed by atoms with van der Waals surface area (Å²) in [5.41, 5.74) is 0. The number of piperidine rings is 1. The Balaban J connectivity index is 2.06. The van der Waals surface area contributed by atoms with Crippen molar-refractivity contribution < 1.29 is 9.53 Å². The van der Waals surface area contributed by atoms with Crippen molar-refractivity contribution in [3.63, 3.8) is 0 Å². The fraction of sp³-hybridized carbons (Fsp3) is 0.875. The highest BCUT2D eigenvalue weighted by molar-refractivity contribution is 5.77. The molecule has 2 aliphatic rings. The number of carbonyl (C=O) groups excluding carboxylic acids is 1. The van der Waals surface area contributed by atoms with Gasteiger partial charge in [-0.15, -0.1) is 0 Å². The molecule has 0 spiro atoms. The lowest BCUT2D eigenvalue weighted by atomic mass is 10.2. The summed E-state index contributed by atoms with van der Waals surface area (Å²) in [6.45, 7) is 1.07. The van der Waals surface area contributed by atoms with E-state index in [1.807, 2.05) is 7.05 Å². The minimum atomic E-state index is -0.0579. The van der Waals surface area contributed by atoms with E-state index >= 15 is 0 Å². The third kappa shape index (κ3) is 0.948. The van der Waals surface area contributed by atoms with Crippen LogP contribution in [-0.4, -0.2) is 37.6 Å². The highest BCUT2D eigenvalue weighted by Gasteiger charge is 2.54. The predicted octanol–water partition coefficient (Wildman–Crippen LogP) is 0.109. The van der Waals surface area contributed by atoms with Crippen LogP contribution in [0.4, 0.5) is 0 Å². The van der Waals surface area contributed by atoms with Gasteiger partial charge in [-0.2, -0.15) is 0 Å². The first-order valence-corrected chi connectivity index (χ1v) is 4.02. The van der Waals surface area contributed by atoms with Gasteiger partial charge in [-0.05, 0) is 25.3 Å². The van der Waals surface area contributed by atoms with Gasteiger partial charge < -0.3 is 4.74 Å². The van der Waals surface area contributed by atoms with Gasteiger partial charge in [0.05, 0.1) is 7.11 Å². The number of rotatable bonds is 1. The number of nitrogens with zero attached hydrogens (tertiary/aromatic N) is 1. The zero-order valence-corrected chi connectivity index (χ0v) is 6.91. The first-order chi connectivity index (χ1) is 5.24. The Morgan fingerprint density at radius 2 is 2.36 bits per heavy atom. The molecule has 3 nitrogen and oxygen atoms in total. The molecule has 0 aromatic rings. The number of esters is 1. The van der Waals surface area contributed by atoms with Gasteiger partial charge in [0.1, 0.15) is 6.04 Å². The van der Waals surface area contributed by atoms with Gasteiger partial charge in [-0.3, -0.25) is 9.69 Å². The van der Waals surface area contributed by atoms with E-state index in [4.69, 9.17) is 4.74 Å². The lowest BCUT2D eigenvalue weighted by Gasteiger charge is -2.19. The predicted molar refractivity (Wildman–Crippen MR) is 40.0 cm³/mol. The normalized spacial score (nSPS) is 41.8. The summed E-state index contributed by atoms with van der Waals surface area (Å²) < 4.78 is 4.72. The van der Waals surface area contributed by atoms with Crippen molar-refractivity contribution in [3.8, 4) is 0 Å². The average Bonchev–Trinajstić information content (AvgIpc) is 2.63. The molecule has 0 radical (unpaired) electrons. The lowest BCUT2D eigenvalue weighted by Crippen LogP contribution is -2.37. The molecular weight excluding hydrogens is 142 g/mol. The summed E-state index contributed by atoms with van der Waals surface area (Å²) in [7, 11) is 3.46. The maximum Gasteiger partial charge on any atom is 0.323 e. The molecule has 0 N–H and O–H groups in total. The minimum Gasteiger partial charge on any atom is -0.468 e. The van der Waals surface area contributed by atoms with E-state index in [2.05, 4.69) is 4.90 Å². The smallest absolute Gasteiger partial charge is 0.323 e. The number of carbonyl (C=O) groups is 1. The number of hydrogen-bond donors (Lipinski definition) is 0. The van der Waals surface area contributed by atoms with E-state index in [0.29, 0.717) is 5.92 Å². The van der Waals surface area contributed by atoms with Crippen LogP contribution in [0.1, 0.15) is 6.42 Å². The Hall–Kier alpha value is -0.570. The van der Waals surface area contributed by atoms with Crippen LogP contribution in [0.3, 0.4) is 0 Å². The topological polar surface area (TPSA) is 29.5 Å². The van der Waals surface area contributed by atoms with Crippen molar-refractivity contribution in [2.24, 2.45) is 11.8 Å². The second-order valence-electron chi connectivity index (χ2n) is 3.57. The maximum absolute atomic E-state index is 11.2. The van der Waals surface area contributed by atoms with E-state index in [-0.39, 0.29) is 12.0 Å². The van der Waals surface area contributed by atoms with Gasteiger partial charge in [0, 0.05) is 6.54 Å². The second-order valence-corrected chi connectivity index (χ2v) is 3.57. The molecule has 0 aromatic carbocycles. The highest BCUT2D eigenvalue weighted by Crippen LogP contribution is 2.49. The van der Waals surface area contributed by atoms with Crippen LogP contribution in [0, 0.1) is 11.8 Å². The Kier molecular flexibility index (Phi) is 1.42. The van der Waals surface area contributed by atoms with Crippen LogP contribution in [0.5, 0.6) is 0 Å². The van der Waals surface area contributed by atoms with Gasteiger partial charge in [0.2, 0.25) is 0 Å². The molecule has 3 heteroatoms. The van der Waals surface area contributed by atoms with Crippen LogP contribution in [0.15, 0.2) is 0 Å². The Morgan fingerprint density at radius 1 is 1.64 bits per heavy atom. The fourth-order valence-corrected chi connectivity index (χ4v) is 2.15. The van der Waals surface area contributed by atoms with E-state index < -0.39 is 0 Å². The molecule has 11 heavy (non-hydrogen) atoms. The molecule has 0 bridgehead atoms. The van der Waals surface area contributed by atoms with Crippen molar-refractivity contribution in [2.75, 3.05) is 20.7 Å². The molecule has 62 valence electrons. The maximum atomic E-state index is 11.2. The molecular formula is C8H13NO2. The Bertz CT molecular complexity index is 191. The molecule has 1 aliphatic heterocycles. The number of likely N-dealkylation sites (tertiary alicyclic amines) is 1. The quantitative estimate of drug-likeness (QED) is 0.503. The molecule has 2 fully saturated rings. The fourth-order valence-electron chi connectivity index (χ4n) is 2.15. The molecule has 0 aromatic heterocycles. The third-order valence-corrected chi connectivity index (χ3v) is 2.82. The summed E-state index contributed by atoms with van der Waals surface area (Å²) in [6, 6.07) is 0.0602. The summed E-state index contributed by atoms with van der Waals surface area (Å²) >= 11 is 0. The third-order valence-electron chi connectivity index (χ3n) is 2.82. The molecule has 1 unspecified atom stereocenters. The summed E-state index contributed by atoms with van der Waals surface area (Å²) in [4.78, 5) is 13.3. The first kappa shape index (κ1) is 7.10.